The third-order valence-corrected chi connectivity index (χ3v) is 6.99. The topological polar surface area (TPSA) is 88.6 Å². The summed E-state index contributed by atoms with van der Waals surface area (Å²) < 4.78 is 47.7. The first kappa shape index (κ1) is 15.0. The Balaban J connectivity index is 2.40. The van der Waals surface area contributed by atoms with Crippen LogP contribution in [0.15, 0.2) is 18.2 Å². The van der Waals surface area contributed by atoms with Gasteiger partial charge in [0.2, 0.25) is 10.0 Å². The Bertz CT molecular complexity index is 765. The lowest BCUT2D eigenvalue weighted by Gasteiger charge is -2.18. The molecule has 8 heteroatoms. The fourth-order valence-electron chi connectivity index (χ4n) is 2.21. The Labute approximate surface area is 118 Å². The molecule has 6 nitrogen and oxygen atoms in total. The molecule has 1 aliphatic heterocycles. The van der Waals surface area contributed by atoms with Crippen LogP contribution in [-0.4, -0.2) is 40.5 Å². The van der Waals surface area contributed by atoms with Gasteiger partial charge < -0.3 is 0 Å². The van der Waals surface area contributed by atoms with Gasteiger partial charge in [-0.1, -0.05) is 0 Å². The highest BCUT2D eigenvalue weighted by Gasteiger charge is 2.32. The fourth-order valence-corrected chi connectivity index (χ4v) is 5.73. The lowest BCUT2D eigenvalue weighted by atomic mass is 10.1. The average molecular weight is 317 g/mol. The zero-order valence-electron chi connectivity index (χ0n) is 11.2. The van der Waals surface area contributed by atoms with Crippen molar-refractivity contribution in [3.63, 3.8) is 0 Å². The molecular weight excluding hydrogens is 302 g/mol. The summed E-state index contributed by atoms with van der Waals surface area (Å²) in [6.45, 7) is 1.64. The normalized spacial score (nSPS) is 15.2. The minimum absolute atomic E-state index is 0.0924. The van der Waals surface area contributed by atoms with Gasteiger partial charge in [-0.15, -0.1) is 0 Å². The van der Waals surface area contributed by atoms with Crippen LogP contribution in [0.3, 0.4) is 0 Å². The van der Waals surface area contributed by atoms with Crippen LogP contribution in [0.4, 0.5) is 5.69 Å². The lowest BCUT2D eigenvalue weighted by molar-refractivity contribution is 0.101. The van der Waals surface area contributed by atoms with Gasteiger partial charge in [-0.2, -0.15) is 0 Å². The van der Waals surface area contributed by atoms with E-state index in [0.29, 0.717) is 17.7 Å². The van der Waals surface area contributed by atoms with E-state index in [-0.39, 0.29) is 12.3 Å². The summed E-state index contributed by atoms with van der Waals surface area (Å²) in [6, 6.07) is 4.77. The van der Waals surface area contributed by atoms with Crippen LogP contribution >= 0.6 is 0 Å². The van der Waals surface area contributed by atoms with Gasteiger partial charge in [-0.25, -0.2) is 16.8 Å². The summed E-state index contributed by atoms with van der Waals surface area (Å²) in [5.41, 5.74) is 1.72. The molecule has 20 heavy (non-hydrogen) atoms. The first-order chi connectivity index (χ1) is 9.10. The standard InChI is InChI=1S/C12H15NO5S2/c1-9(14)10-3-4-12-11(7-10)5-6-13(12)20(17,18)8-19(2,15)16/h3-4,7H,5-6,8H2,1-2H3. The van der Waals surface area contributed by atoms with Crippen molar-refractivity contribution >= 4 is 31.3 Å². The zero-order chi connectivity index (χ0) is 15.1. The summed E-state index contributed by atoms with van der Waals surface area (Å²) in [6.07, 6.45) is 1.36. The van der Waals surface area contributed by atoms with E-state index >= 15 is 0 Å². The number of sulfone groups is 1. The van der Waals surface area contributed by atoms with Gasteiger partial charge in [-0.3, -0.25) is 9.10 Å². The van der Waals surface area contributed by atoms with Crippen LogP contribution in [0.25, 0.3) is 0 Å². The van der Waals surface area contributed by atoms with Gasteiger partial charge in [0.1, 0.15) is 0 Å². The summed E-state index contributed by atoms with van der Waals surface area (Å²) in [5.74, 6) is -0.0924. The molecular formula is C12H15NO5S2. The van der Waals surface area contributed by atoms with Crippen LogP contribution in [-0.2, 0) is 26.3 Å². The van der Waals surface area contributed by atoms with E-state index in [0.717, 1.165) is 16.1 Å². The largest absolute Gasteiger partial charge is 0.295 e. The highest BCUT2D eigenvalue weighted by molar-refractivity contribution is 8.08. The van der Waals surface area contributed by atoms with Crippen LogP contribution in [0.2, 0.25) is 0 Å². The second-order valence-corrected chi connectivity index (χ2v) is 9.28. The number of hydrogen-bond donors (Lipinski definition) is 0. The molecule has 0 amide bonds. The van der Waals surface area contributed by atoms with Crippen molar-refractivity contribution in [3.05, 3.63) is 29.3 Å². The van der Waals surface area contributed by atoms with Crippen molar-refractivity contribution in [2.24, 2.45) is 0 Å². The smallest absolute Gasteiger partial charge is 0.249 e. The molecule has 0 unspecified atom stereocenters. The minimum Gasteiger partial charge on any atom is -0.295 e. The van der Waals surface area contributed by atoms with E-state index in [9.17, 15) is 21.6 Å². The Morgan fingerprint density at radius 1 is 1.25 bits per heavy atom. The molecule has 0 saturated carbocycles. The molecule has 110 valence electrons. The number of ketones is 1. The van der Waals surface area contributed by atoms with E-state index in [1.54, 1.807) is 18.2 Å². The molecule has 1 aromatic carbocycles. The molecule has 0 spiro atoms. The monoisotopic (exact) mass is 317 g/mol. The lowest BCUT2D eigenvalue weighted by Crippen LogP contribution is -2.33. The molecule has 1 heterocycles. The van der Waals surface area contributed by atoms with E-state index in [1.165, 1.54) is 6.92 Å². The van der Waals surface area contributed by atoms with Gasteiger partial charge in [0, 0.05) is 18.4 Å². The molecule has 1 aromatic rings. The molecule has 2 rings (SSSR count). The van der Waals surface area contributed by atoms with E-state index in [2.05, 4.69) is 0 Å². The number of carbonyl (C=O) groups is 1. The molecule has 0 aliphatic carbocycles. The van der Waals surface area contributed by atoms with Crippen LogP contribution in [0.1, 0.15) is 22.8 Å². The maximum atomic E-state index is 12.1. The van der Waals surface area contributed by atoms with Crippen LogP contribution in [0, 0.1) is 0 Å². The van der Waals surface area contributed by atoms with Crippen molar-refractivity contribution in [1.29, 1.82) is 0 Å². The van der Waals surface area contributed by atoms with E-state index < -0.39 is 24.9 Å². The maximum absolute atomic E-state index is 12.1. The summed E-state index contributed by atoms with van der Waals surface area (Å²) in [4.78, 5) is 11.3. The Hall–Kier alpha value is -1.41. The summed E-state index contributed by atoms with van der Waals surface area (Å²) in [5, 5.41) is -0.909. The maximum Gasteiger partial charge on any atom is 0.249 e. The number of nitrogens with zero attached hydrogens (tertiary/aromatic N) is 1. The van der Waals surface area contributed by atoms with E-state index in [4.69, 9.17) is 0 Å². The average Bonchev–Trinajstić information content (AvgIpc) is 2.68. The molecule has 0 N–H and O–H groups in total. The molecule has 0 fully saturated rings. The third-order valence-electron chi connectivity index (χ3n) is 3.04. The Morgan fingerprint density at radius 2 is 1.90 bits per heavy atom. The van der Waals surface area contributed by atoms with Crippen LogP contribution < -0.4 is 4.31 Å². The number of anilines is 1. The molecule has 0 atom stereocenters. The second kappa shape index (κ2) is 4.85. The number of Topliss-reactive ketones (excluding diaryl/α,β-unsaturated/α-hetero) is 1. The molecule has 0 saturated heterocycles. The van der Waals surface area contributed by atoms with E-state index in [1.807, 2.05) is 0 Å². The number of hydrogen-bond acceptors (Lipinski definition) is 5. The van der Waals surface area contributed by atoms with Crippen molar-refractivity contribution in [3.8, 4) is 0 Å². The molecule has 1 aliphatic rings. The minimum atomic E-state index is -3.90. The quantitative estimate of drug-likeness (QED) is 0.758. The number of rotatable bonds is 4. The van der Waals surface area contributed by atoms with Gasteiger partial charge in [-0.05, 0) is 37.1 Å². The summed E-state index contributed by atoms with van der Waals surface area (Å²) in [7, 11) is -7.53. The third kappa shape index (κ3) is 3.01. The van der Waals surface area contributed by atoms with Gasteiger partial charge >= 0.3 is 0 Å². The molecule has 0 radical (unpaired) electrons. The number of sulfonamides is 1. The Morgan fingerprint density at radius 3 is 2.45 bits per heavy atom. The first-order valence-electron chi connectivity index (χ1n) is 5.92. The second-order valence-electron chi connectivity index (χ2n) is 4.88. The Kier molecular flexibility index (Phi) is 3.64. The number of carbonyl (C=O) groups excluding carboxylic acids is 1. The van der Waals surface area contributed by atoms with Crippen molar-refractivity contribution in [2.45, 2.75) is 13.3 Å². The zero-order valence-corrected chi connectivity index (χ0v) is 12.8. The number of fused-ring (bicyclic) bond motifs is 1. The van der Waals surface area contributed by atoms with Gasteiger partial charge in [0.15, 0.2) is 20.7 Å². The summed E-state index contributed by atoms with van der Waals surface area (Å²) >= 11 is 0. The van der Waals surface area contributed by atoms with Gasteiger partial charge in [0.25, 0.3) is 0 Å². The van der Waals surface area contributed by atoms with Gasteiger partial charge in [0.05, 0.1) is 5.69 Å². The highest BCUT2D eigenvalue weighted by Crippen LogP contribution is 2.31. The van der Waals surface area contributed by atoms with Crippen molar-refractivity contribution < 1.29 is 21.6 Å². The van der Waals surface area contributed by atoms with Crippen molar-refractivity contribution in [2.75, 3.05) is 22.2 Å². The predicted octanol–water partition coefficient (Wildman–Crippen LogP) is 0.584. The molecule has 0 aromatic heterocycles. The predicted molar refractivity (Wildman–Crippen MR) is 76.1 cm³/mol. The number of benzene rings is 1. The molecule has 0 bridgehead atoms. The highest BCUT2D eigenvalue weighted by atomic mass is 32.3. The van der Waals surface area contributed by atoms with Crippen molar-refractivity contribution in [1.82, 2.24) is 0 Å². The van der Waals surface area contributed by atoms with Crippen LogP contribution in [0.5, 0.6) is 0 Å². The fraction of sp³-hybridized carbons (Fsp3) is 0.417. The SMILES string of the molecule is CC(=O)c1ccc2c(c1)CCN2S(=O)(=O)CS(C)(=O)=O. The first-order valence-corrected chi connectivity index (χ1v) is 9.59.